The van der Waals surface area contributed by atoms with E-state index in [1.165, 1.54) is 31.0 Å². The number of amides is 2. The molecule has 188 valence electrons. The van der Waals surface area contributed by atoms with Gasteiger partial charge in [0.15, 0.2) is 5.17 Å². The van der Waals surface area contributed by atoms with Crippen LogP contribution in [-0.4, -0.2) is 40.1 Å². The summed E-state index contributed by atoms with van der Waals surface area (Å²) in [6.07, 6.45) is 0.535. The number of carbonyl (C=O) groups excluding carboxylic acids is 2. The van der Waals surface area contributed by atoms with Crippen LogP contribution in [0.3, 0.4) is 0 Å². The van der Waals surface area contributed by atoms with Crippen LogP contribution in [0.1, 0.15) is 35.6 Å². The maximum absolute atomic E-state index is 13.5. The molecule has 0 saturated heterocycles. The highest BCUT2D eigenvalue weighted by Gasteiger charge is 2.39. The van der Waals surface area contributed by atoms with Gasteiger partial charge in [-0.1, -0.05) is 65.9 Å². The van der Waals surface area contributed by atoms with Gasteiger partial charge in [0.05, 0.1) is 24.6 Å². The van der Waals surface area contributed by atoms with Crippen molar-refractivity contribution >= 4 is 40.1 Å². The molecule has 37 heavy (non-hydrogen) atoms. The monoisotopic (exact) mass is 516 g/mol. The van der Waals surface area contributed by atoms with Crippen molar-refractivity contribution in [2.45, 2.75) is 31.1 Å². The third-order valence-electron chi connectivity index (χ3n) is 6.23. The third-order valence-corrected chi connectivity index (χ3v) is 7.37. The van der Waals surface area contributed by atoms with Crippen molar-refractivity contribution in [2.75, 3.05) is 12.4 Å². The highest BCUT2D eigenvalue weighted by atomic mass is 32.2. The van der Waals surface area contributed by atoms with Crippen LogP contribution in [0, 0.1) is 12.7 Å². The Morgan fingerprint density at radius 3 is 2.57 bits per heavy atom. The summed E-state index contributed by atoms with van der Waals surface area (Å²) in [5.74, 6) is -0.453. The Morgan fingerprint density at radius 2 is 1.84 bits per heavy atom. The maximum atomic E-state index is 13.5. The molecule has 0 radical (unpaired) electrons. The van der Waals surface area contributed by atoms with Gasteiger partial charge in [-0.05, 0) is 42.3 Å². The second-order valence-electron chi connectivity index (χ2n) is 8.82. The zero-order valence-corrected chi connectivity index (χ0v) is 21.2. The first-order valence-electron chi connectivity index (χ1n) is 11.8. The lowest BCUT2D eigenvalue weighted by molar-refractivity contribution is -0.121. The molecule has 9 heteroatoms. The van der Waals surface area contributed by atoms with Crippen molar-refractivity contribution in [1.29, 1.82) is 0 Å². The minimum absolute atomic E-state index is 0.0356. The van der Waals surface area contributed by atoms with Crippen LogP contribution in [-0.2, 0) is 9.59 Å². The standard InChI is InChI=1S/C28H25FN4O3S/c1-17-7-9-19(10-8-17)23-15-22(18-11-13-20(29)14-12-18)32-33(23)28-31-27(35)25(37-28)16-26(34)30-21-5-3-4-6-24(21)36-2/h3-14,23,25H,15-16H2,1-2H3,(H,30,34)/t23-,25-/m1/s1. The molecule has 3 aromatic rings. The summed E-state index contributed by atoms with van der Waals surface area (Å²) in [6.45, 7) is 2.02. The number of benzene rings is 3. The van der Waals surface area contributed by atoms with Gasteiger partial charge in [0.25, 0.3) is 5.91 Å². The summed E-state index contributed by atoms with van der Waals surface area (Å²) in [7, 11) is 1.53. The first-order valence-corrected chi connectivity index (χ1v) is 12.7. The van der Waals surface area contributed by atoms with E-state index in [0.29, 0.717) is 23.0 Å². The van der Waals surface area contributed by atoms with Crippen molar-refractivity contribution < 1.29 is 18.7 Å². The molecular formula is C28H25FN4O3S. The van der Waals surface area contributed by atoms with Gasteiger partial charge in [-0.15, -0.1) is 0 Å². The smallest absolute Gasteiger partial charge is 0.262 e. The number of hydrazone groups is 1. The lowest BCUT2D eigenvalue weighted by Gasteiger charge is -2.23. The average Bonchev–Trinajstić information content (AvgIpc) is 3.49. The highest BCUT2D eigenvalue weighted by Crippen LogP contribution is 2.39. The van der Waals surface area contributed by atoms with Gasteiger partial charge in [-0.25, -0.2) is 9.40 Å². The van der Waals surface area contributed by atoms with Crippen molar-refractivity contribution in [3.8, 4) is 5.75 Å². The van der Waals surface area contributed by atoms with E-state index in [9.17, 15) is 14.0 Å². The fourth-order valence-electron chi connectivity index (χ4n) is 4.27. The predicted octanol–water partition coefficient (Wildman–Crippen LogP) is 5.32. The molecule has 7 nitrogen and oxygen atoms in total. The molecule has 1 N–H and O–H groups in total. The molecule has 0 aromatic heterocycles. The van der Waals surface area contributed by atoms with Crippen LogP contribution < -0.4 is 10.1 Å². The van der Waals surface area contributed by atoms with Crippen molar-refractivity contribution in [3.63, 3.8) is 0 Å². The lowest BCUT2D eigenvalue weighted by Crippen LogP contribution is -2.25. The molecule has 0 aliphatic carbocycles. The van der Waals surface area contributed by atoms with E-state index >= 15 is 0 Å². The quantitative estimate of drug-likeness (QED) is 0.480. The topological polar surface area (TPSA) is 83.4 Å². The number of aliphatic imine (C=N–C) groups is 1. The molecule has 0 fully saturated rings. The summed E-state index contributed by atoms with van der Waals surface area (Å²) in [6, 6.07) is 21.3. The van der Waals surface area contributed by atoms with Gasteiger partial charge >= 0.3 is 0 Å². The number of rotatable bonds is 6. The molecule has 0 spiro atoms. The van der Waals surface area contributed by atoms with Crippen molar-refractivity contribution in [2.24, 2.45) is 10.1 Å². The van der Waals surface area contributed by atoms with Gasteiger partial charge in [0, 0.05) is 12.8 Å². The van der Waals surface area contributed by atoms with Gasteiger partial charge in [0.2, 0.25) is 5.91 Å². The average molecular weight is 517 g/mol. The first kappa shape index (κ1) is 24.7. The van der Waals surface area contributed by atoms with E-state index in [0.717, 1.165) is 22.4 Å². The molecule has 0 unspecified atom stereocenters. The number of nitrogens with zero attached hydrogens (tertiary/aromatic N) is 3. The maximum Gasteiger partial charge on any atom is 0.262 e. The van der Waals surface area contributed by atoms with Gasteiger partial charge < -0.3 is 10.1 Å². The Hall–Kier alpha value is -3.98. The van der Waals surface area contributed by atoms with E-state index in [-0.39, 0.29) is 30.1 Å². The van der Waals surface area contributed by atoms with Crippen LogP contribution in [0.15, 0.2) is 82.9 Å². The number of thioether (sulfide) groups is 1. The Kier molecular flexibility index (Phi) is 7.05. The number of aryl methyl sites for hydroxylation is 1. The van der Waals surface area contributed by atoms with Crippen LogP contribution >= 0.6 is 11.8 Å². The second-order valence-corrected chi connectivity index (χ2v) is 9.99. The number of halogens is 1. The molecule has 2 heterocycles. The number of carbonyl (C=O) groups is 2. The SMILES string of the molecule is COc1ccccc1NC(=O)C[C@H]1SC(N2N=C(c3ccc(F)cc3)C[C@@H]2c2ccc(C)cc2)=NC1=O. The Morgan fingerprint density at radius 1 is 1.11 bits per heavy atom. The molecule has 3 aromatic carbocycles. The zero-order valence-electron chi connectivity index (χ0n) is 20.3. The number of hydrogen-bond acceptors (Lipinski definition) is 6. The van der Waals surface area contributed by atoms with E-state index < -0.39 is 5.25 Å². The number of amidine groups is 1. The predicted molar refractivity (Wildman–Crippen MR) is 143 cm³/mol. The molecule has 0 bridgehead atoms. The van der Waals surface area contributed by atoms with Crippen molar-refractivity contribution in [3.05, 3.63) is 95.3 Å². The summed E-state index contributed by atoms with van der Waals surface area (Å²) in [5, 5.41) is 9.15. The zero-order chi connectivity index (χ0) is 25.9. The van der Waals surface area contributed by atoms with Crippen LogP contribution in [0.4, 0.5) is 10.1 Å². The Balaban J connectivity index is 1.35. The third kappa shape index (κ3) is 5.41. The number of methoxy groups -OCH3 is 1. The Labute approximate surface area is 218 Å². The number of para-hydroxylation sites is 2. The summed E-state index contributed by atoms with van der Waals surface area (Å²) in [4.78, 5) is 29.8. The van der Waals surface area contributed by atoms with Crippen LogP contribution in [0.5, 0.6) is 5.75 Å². The van der Waals surface area contributed by atoms with Crippen LogP contribution in [0.2, 0.25) is 0 Å². The fourth-order valence-corrected chi connectivity index (χ4v) is 5.34. The lowest BCUT2D eigenvalue weighted by atomic mass is 9.98. The molecule has 2 atom stereocenters. The van der Waals surface area contributed by atoms with Gasteiger partial charge in [0.1, 0.15) is 16.8 Å². The number of hydrogen-bond donors (Lipinski definition) is 1. The number of nitrogens with one attached hydrogen (secondary N) is 1. The molecule has 2 amide bonds. The number of anilines is 1. The summed E-state index contributed by atoms with van der Waals surface area (Å²) < 4.78 is 18.8. The van der Waals surface area contributed by atoms with Crippen LogP contribution in [0.25, 0.3) is 0 Å². The minimum Gasteiger partial charge on any atom is -0.495 e. The van der Waals surface area contributed by atoms with E-state index in [4.69, 9.17) is 9.84 Å². The molecular weight excluding hydrogens is 491 g/mol. The second kappa shape index (κ2) is 10.6. The first-order chi connectivity index (χ1) is 17.9. The molecule has 2 aliphatic heterocycles. The van der Waals surface area contributed by atoms with E-state index in [1.54, 1.807) is 35.3 Å². The summed E-state index contributed by atoms with van der Waals surface area (Å²) in [5.41, 5.74) is 4.29. The van der Waals surface area contributed by atoms with E-state index in [1.807, 2.05) is 37.3 Å². The largest absolute Gasteiger partial charge is 0.495 e. The summed E-state index contributed by atoms with van der Waals surface area (Å²) >= 11 is 1.23. The normalized spacial score (nSPS) is 19.0. The minimum atomic E-state index is -0.659. The Bertz CT molecular complexity index is 1390. The number of ether oxygens (including phenoxy) is 1. The van der Waals surface area contributed by atoms with Gasteiger partial charge in [-0.2, -0.15) is 10.1 Å². The fraction of sp³-hybridized carbons (Fsp3) is 0.214. The molecule has 0 saturated carbocycles. The highest BCUT2D eigenvalue weighted by molar-refractivity contribution is 8.15. The van der Waals surface area contributed by atoms with Gasteiger partial charge in [-0.3, -0.25) is 9.59 Å². The van der Waals surface area contributed by atoms with Crippen molar-refractivity contribution in [1.82, 2.24) is 5.01 Å². The van der Waals surface area contributed by atoms with E-state index in [2.05, 4.69) is 10.3 Å². The molecule has 5 rings (SSSR count). The molecule has 2 aliphatic rings.